The van der Waals surface area contributed by atoms with E-state index in [2.05, 4.69) is 22.4 Å². The molecule has 20 heavy (non-hydrogen) atoms. The van der Waals surface area contributed by atoms with Crippen molar-refractivity contribution in [3.05, 3.63) is 23.2 Å². The first kappa shape index (κ1) is 13.3. The molecule has 2 heterocycles. The van der Waals surface area contributed by atoms with Crippen LogP contribution in [0.2, 0.25) is 5.02 Å². The molecular formula is C13H16ClN5O. The van der Waals surface area contributed by atoms with E-state index in [1.54, 1.807) is 12.1 Å². The number of nitrogen functional groups attached to an aromatic ring is 1. The van der Waals surface area contributed by atoms with Gasteiger partial charge in [-0.05, 0) is 48.4 Å². The predicted molar refractivity (Wildman–Crippen MR) is 76.4 cm³/mol. The summed E-state index contributed by atoms with van der Waals surface area (Å²) >= 11 is 5.94. The summed E-state index contributed by atoms with van der Waals surface area (Å²) in [6.07, 6.45) is 1.75. The smallest absolute Gasteiger partial charge is 0.184 e. The van der Waals surface area contributed by atoms with Crippen LogP contribution in [0.25, 0.3) is 11.4 Å². The van der Waals surface area contributed by atoms with Gasteiger partial charge in [0, 0.05) is 29.5 Å². The number of benzene rings is 1. The average Bonchev–Trinajstić information content (AvgIpc) is 2.89. The van der Waals surface area contributed by atoms with Crippen molar-refractivity contribution in [2.24, 2.45) is 0 Å². The quantitative estimate of drug-likeness (QED) is 0.858. The van der Waals surface area contributed by atoms with Crippen LogP contribution in [-0.4, -0.2) is 33.4 Å². The van der Waals surface area contributed by atoms with Gasteiger partial charge < -0.3 is 10.5 Å². The molecule has 1 aliphatic heterocycles. The number of hydrogen-bond donors (Lipinski definition) is 1. The summed E-state index contributed by atoms with van der Waals surface area (Å²) in [7, 11) is 0. The molecule has 6 nitrogen and oxygen atoms in total. The van der Waals surface area contributed by atoms with E-state index in [4.69, 9.17) is 22.1 Å². The van der Waals surface area contributed by atoms with Crippen LogP contribution in [0, 0.1) is 0 Å². The Kier molecular flexibility index (Phi) is 3.35. The van der Waals surface area contributed by atoms with E-state index in [-0.39, 0.29) is 5.54 Å². The summed E-state index contributed by atoms with van der Waals surface area (Å²) in [4.78, 5) is 0. The Morgan fingerprint density at radius 2 is 2.10 bits per heavy atom. The van der Waals surface area contributed by atoms with Gasteiger partial charge in [0.1, 0.15) is 0 Å². The largest absolute Gasteiger partial charge is 0.398 e. The lowest BCUT2D eigenvalue weighted by molar-refractivity contribution is 0.0240. The fourth-order valence-electron chi connectivity index (χ4n) is 2.48. The lowest BCUT2D eigenvalue weighted by Gasteiger charge is -2.33. The second-order valence-electron chi connectivity index (χ2n) is 5.26. The standard InChI is InChI=1S/C13H16ClN5O/c1-13(4-6-20-7-5-13)19-12(16-17-18-19)10-3-2-9(14)8-11(10)15/h2-3,8H,4-7,15H2,1H3. The SMILES string of the molecule is CC1(n2nnnc2-c2ccc(Cl)cc2N)CCOCC1. The van der Waals surface area contributed by atoms with Crippen LogP contribution in [0.4, 0.5) is 5.69 Å². The van der Waals surface area contributed by atoms with Gasteiger partial charge in [-0.1, -0.05) is 11.6 Å². The Balaban J connectivity index is 2.05. The summed E-state index contributed by atoms with van der Waals surface area (Å²) in [6, 6.07) is 5.35. The Morgan fingerprint density at radius 1 is 1.35 bits per heavy atom. The maximum absolute atomic E-state index is 6.04. The van der Waals surface area contributed by atoms with Crippen LogP contribution in [0.1, 0.15) is 19.8 Å². The number of rotatable bonds is 2. The summed E-state index contributed by atoms with van der Waals surface area (Å²) in [5.74, 6) is 0.670. The second-order valence-corrected chi connectivity index (χ2v) is 5.69. The third-order valence-electron chi connectivity index (χ3n) is 3.81. The van der Waals surface area contributed by atoms with Gasteiger partial charge in [-0.15, -0.1) is 5.10 Å². The summed E-state index contributed by atoms with van der Waals surface area (Å²) in [5.41, 5.74) is 7.26. The first-order chi connectivity index (χ1) is 9.60. The lowest BCUT2D eigenvalue weighted by Crippen LogP contribution is -2.38. The molecular weight excluding hydrogens is 278 g/mol. The van der Waals surface area contributed by atoms with Crippen LogP contribution in [0.15, 0.2) is 18.2 Å². The number of nitrogens with zero attached hydrogens (tertiary/aromatic N) is 4. The van der Waals surface area contributed by atoms with Crippen molar-refractivity contribution < 1.29 is 4.74 Å². The molecule has 0 saturated carbocycles. The molecule has 0 aliphatic carbocycles. The highest BCUT2D eigenvalue weighted by atomic mass is 35.5. The number of ether oxygens (including phenoxy) is 1. The molecule has 0 bridgehead atoms. The number of tetrazole rings is 1. The van der Waals surface area contributed by atoms with E-state index >= 15 is 0 Å². The van der Waals surface area contributed by atoms with Crippen molar-refractivity contribution in [1.29, 1.82) is 0 Å². The molecule has 1 saturated heterocycles. The van der Waals surface area contributed by atoms with Gasteiger partial charge in [-0.2, -0.15) is 0 Å². The third-order valence-corrected chi connectivity index (χ3v) is 4.04. The molecule has 0 atom stereocenters. The van der Waals surface area contributed by atoms with Crippen molar-refractivity contribution in [1.82, 2.24) is 20.2 Å². The van der Waals surface area contributed by atoms with Crippen LogP contribution in [0.3, 0.4) is 0 Å². The predicted octanol–water partition coefficient (Wildman–Crippen LogP) is 2.10. The van der Waals surface area contributed by atoms with Crippen molar-refractivity contribution in [3.8, 4) is 11.4 Å². The topological polar surface area (TPSA) is 78.9 Å². The average molecular weight is 294 g/mol. The molecule has 1 aromatic carbocycles. The molecule has 2 N–H and O–H groups in total. The Hall–Kier alpha value is -1.66. The molecule has 1 aromatic heterocycles. The number of hydrogen-bond acceptors (Lipinski definition) is 5. The molecule has 0 radical (unpaired) electrons. The highest BCUT2D eigenvalue weighted by molar-refractivity contribution is 6.31. The van der Waals surface area contributed by atoms with Crippen LogP contribution in [0.5, 0.6) is 0 Å². The number of anilines is 1. The maximum atomic E-state index is 6.04. The maximum Gasteiger partial charge on any atom is 0.184 e. The van der Waals surface area contributed by atoms with E-state index in [1.165, 1.54) is 0 Å². The zero-order valence-electron chi connectivity index (χ0n) is 11.2. The number of aromatic nitrogens is 4. The highest BCUT2D eigenvalue weighted by Gasteiger charge is 2.33. The lowest BCUT2D eigenvalue weighted by atomic mass is 9.92. The Morgan fingerprint density at radius 3 is 2.80 bits per heavy atom. The van der Waals surface area contributed by atoms with Crippen LogP contribution < -0.4 is 5.73 Å². The zero-order chi connectivity index (χ0) is 14.2. The van der Waals surface area contributed by atoms with Gasteiger partial charge in [-0.3, -0.25) is 0 Å². The van der Waals surface area contributed by atoms with E-state index in [9.17, 15) is 0 Å². The van der Waals surface area contributed by atoms with E-state index in [1.807, 2.05) is 10.7 Å². The monoisotopic (exact) mass is 293 g/mol. The Bertz CT molecular complexity index is 621. The Labute approximate surface area is 121 Å². The van der Waals surface area contributed by atoms with Gasteiger partial charge in [0.15, 0.2) is 5.82 Å². The van der Waals surface area contributed by atoms with E-state index in [0.29, 0.717) is 29.7 Å². The van der Waals surface area contributed by atoms with Crippen LogP contribution >= 0.6 is 11.6 Å². The molecule has 1 aliphatic rings. The molecule has 0 unspecified atom stereocenters. The van der Waals surface area contributed by atoms with Gasteiger partial charge in [0.25, 0.3) is 0 Å². The van der Waals surface area contributed by atoms with Crippen LogP contribution in [-0.2, 0) is 10.3 Å². The number of nitrogens with two attached hydrogens (primary N) is 1. The second kappa shape index (κ2) is 5.03. The summed E-state index contributed by atoms with van der Waals surface area (Å²) < 4.78 is 7.28. The molecule has 0 spiro atoms. The molecule has 0 amide bonds. The molecule has 106 valence electrons. The minimum atomic E-state index is -0.150. The minimum absolute atomic E-state index is 0.150. The minimum Gasteiger partial charge on any atom is -0.398 e. The first-order valence-electron chi connectivity index (χ1n) is 6.52. The summed E-state index contributed by atoms with van der Waals surface area (Å²) in [6.45, 7) is 3.57. The van der Waals surface area contributed by atoms with Crippen molar-refractivity contribution in [2.75, 3.05) is 18.9 Å². The molecule has 7 heteroatoms. The molecule has 2 aromatic rings. The zero-order valence-corrected chi connectivity index (χ0v) is 12.0. The number of halogens is 1. The normalized spacial score (nSPS) is 18.1. The van der Waals surface area contributed by atoms with Gasteiger partial charge >= 0.3 is 0 Å². The van der Waals surface area contributed by atoms with E-state index in [0.717, 1.165) is 18.4 Å². The molecule has 1 fully saturated rings. The third kappa shape index (κ3) is 2.25. The fraction of sp³-hybridized carbons (Fsp3) is 0.462. The first-order valence-corrected chi connectivity index (χ1v) is 6.90. The van der Waals surface area contributed by atoms with Gasteiger partial charge in [0.2, 0.25) is 0 Å². The fourth-order valence-corrected chi connectivity index (χ4v) is 2.66. The van der Waals surface area contributed by atoms with Gasteiger partial charge in [-0.25, -0.2) is 4.68 Å². The van der Waals surface area contributed by atoms with Crippen molar-refractivity contribution in [2.45, 2.75) is 25.3 Å². The molecule has 3 rings (SSSR count). The highest BCUT2D eigenvalue weighted by Crippen LogP contribution is 2.33. The van der Waals surface area contributed by atoms with Crippen molar-refractivity contribution >= 4 is 17.3 Å². The van der Waals surface area contributed by atoms with Crippen molar-refractivity contribution in [3.63, 3.8) is 0 Å². The van der Waals surface area contributed by atoms with Gasteiger partial charge in [0.05, 0.1) is 5.54 Å². The van der Waals surface area contributed by atoms with E-state index < -0.39 is 0 Å². The summed E-state index contributed by atoms with van der Waals surface area (Å²) in [5, 5.41) is 12.7.